The van der Waals surface area contributed by atoms with Crippen LogP contribution in [0.5, 0.6) is 5.75 Å². The summed E-state index contributed by atoms with van der Waals surface area (Å²) in [5, 5.41) is 0. The van der Waals surface area contributed by atoms with Gasteiger partial charge in [0.2, 0.25) is 0 Å². The average Bonchev–Trinajstić information content (AvgIpc) is 2.52. The first-order chi connectivity index (χ1) is 10.6. The molecule has 6 nitrogen and oxygen atoms in total. The Morgan fingerprint density at radius 1 is 1.14 bits per heavy atom. The molecule has 2 rings (SSSR count). The largest absolute Gasteiger partial charge is 0.483 e. The number of nitrogens with one attached hydrogen (secondary N) is 2. The molecule has 0 spiro atoms. The van der Waals surface area contributed by atoms with Crippen molar-refractivity contribution in [3.05, 3.63) is 59.4 Å². The lowest BCUT2D eigenvalue weighted by atomic mass is 10.1. The summed E-state index contributed by atoms with van der Waals surface area (Å²) in [4.78, 5) is 27.2. The molecule has 0 bridgehead atoms. The fourth-order valence-electron chi connectivity index (χ4n) is 1.83. The highest BCUT2D eigenvalue weighted by molar-refractivity contribution is 5.93. The minimum Gasteiger partial charge on any atom is -0.483 e. The summed E-state index contributed by atoms with van der Waals surface area (Å²) in [6.45, 7) is 3.70. The average molecular weight is 299 g/mol. The molecule has 2 amide bonds. The van der Waals surface area contributed by atoms with E-state index in [1.54, 1.807) is 18.2 Å². The molecular formula is C16H17N3O3. The topological polar surface area (TPSA) is 80.3 Å². The summed E-state index contributed by atoms with van der Waals surface area (Å²) in [5.41, 5.74) is 6.85. The van der Waals surface area contributed by atoms with Crippen molar-refractivity contribution in [3.63, 3.8) is 0 Å². The van der Waals surface area contributed by atoms with Gasteiger partial charge >= 0.3 is 0 Å². The van der Waals surface area contributed by atoms with E-state index in [2.05, 4.69) is 15.8 Å². The zero-order valence-electron chi connectivity index (χ0n) is 12.4. The van der Waals surface area contributed by atoms with E-state index < -0.39 is 11.8 Å². The molecule has 0 aliphatic rings. The van der Waals surface area contributed by atoms with E-state index in [9.17, 15) is 9.59 Å². The fraction of sp³-hybridized carbons (Fsp3) is 0.188. The normalized spacial score (nSPS) is 9.91. The van der Waals surface area contributed by atoms with Crippen molar-refractivity contribution in [2.24, 2.45) is 0 Å². The van der Waals surface area contributed by atoms with Crippen molar-refractivity contribution in [1.29, 1.82) is 0 Å². The van der Waals surface area contributed by atoms with Crippen LogP contribution in [-0.2, 0) is 4.79 Å². The van der Waals surface area contributed by atoms with Crippen LogP contribution in [0.4, 0.5) is 0 Å². The van der Waals surface area contributed by atoms with E-state index in [0.717, 1.165) is 11.1 Å². The van der Waals surface area contributed by atoms with E-state index in [1.807, 2.05) is 32.0 Å². The molecular weight excluding hydrogens is 282 g/mol. The van der Waals surface area contributed by atoms with Gasteiger partial charge in [0.15, 0.2) is 6.61 Å². The second-order valence-electron chi connectivity index (χ2n) is 4.77. The van der Waals surface area contributed by atoms with Crippen molar-refractivity contribution < 1.29 is 14.3 Å². The number of carbonyl (C=O) groups excluding carboxylic acids is 2. The molecule has 0 unspecified atom stereocenters. The Morgan fingerprint density at radius 2 is 1.95 bits per heavy atom. The van der Waals surface area contributed by atoms with Crippen LogP contribution in [0.15, 0.2) is 42.6 Å². The van der Waals surface area contributed by atoms with Gasteiger partial charge in [-0.2, -0.15) is 0 Å². The summed E-state index contributed by atoms with van der Waals surface area (Å²) < 4.78 is 5.41. The number of benzene rings is 1. The first-order valence-electron chi connectivity index (χ1n) is 6.76. The van der Waals surface area contributed by atoms with Crippen LogP contribution in [0.2, 0.25) is 0 Å². The molecule has 0 aliphatic heterocycles. The van der Waals surface area contributed by atoms with Gasteiger partial charge in [-0.15, -0.1) is 0 Å². The van der Waals surface area contributed by atoms with Gasteiger partial charge in [0, 0.05) is 6.20 Å². The number of hydrogen-bond acceptors (Lipinski definition) is 4. The standard InChI is InChI=1S/C16H17N3O3/c1-11-6-7-14(12(2)9-11)22-10-15(20)18-19-16(21)13-5-3-4-8-17-13/h3-9H,10H2,1-2H3,(H,18,20)(H,19,21). The van der Waals surface area contributed by atoms with Gasteiger partial charge < -0.3 is 4.74 Å². The zero-order valence-corrected chi connectivity index (χ0v) is 12.4. The number of rotatable bonds is 4. The minimum absolute atomic E-state index is 0.188. The van der Waals surface area contributed by atoms with Crippen molar-refractivity contribution in [3.8, 4) is 5.75 Å². The SMILES string of the molecule is Cc1ccc(OCC(=O)NNC(=O)c2ccccn2)c(C)c1. The third kappa shape index (κ3) is 4.31. The lowest BCUT2D eigenvalue weighted by molar-refractivity contribution is -0.123. The minimum atomic E-state index is -0.486. The Kier molecular flexibility index (Phi) is 5.08. The molecule has 0 radical (unpaired) electrons. The molecule has 0 saturated heterocycles. The molecule has 0 saturated carbocycles. The second-order valence-corrected chi connectivity index (χ2v) is 4.77. The number of amides is 2. The molecule has 2 aromatic rings. The molecule has 1 heterocycles. The highest BCUT2D eigenvalue weighted by Crippen LogP contribution is 2.18. The third-order valence-corrected chi connectivity index (χ3v) is 2.90. The summed E-state index contributed by atoms with van der Waals surface area (Å²) in [6.07, 6.45) is 1.50. The molecule has 6 heteroatoms. The number of aryl methyl sites for hydroxylation is 2. The smallest absolute Gasteiger partial charge is 0.288 e. The Hall–Kier alpha value is -2.89. The summed E-state index contributed by atoms with van der Waals surface area (Å²) in [7, 11) is 0. The maximum atomic E-state index is 11.7. The van der Waals surface area contributed by atoms with Crippen LogP contribution in [0, 0.1) is 13.8 Å². The number of nitrogens with zero attached hydrogens (tertiary/aromatic N) is 1. The predicted octanol–water partition coefficient (Wildman–Crippen LogP) is 1.54. The van der Waals surface area contributed by atoms with Crippen LogP contribution >= 0.6 is 0 Å². The van der Waals surface area contributed by atoms with Gasteiger partial charge in [-0.3, -0.25) is 25.4 Å². The lowest BCUT2D eigenvalue weighted by Gasteiger charge is -2.10. The number of hydrazine groups is 1. The van der Waals surface area contributed by atoms with Crippen molar-refractivity contribution in [2.75, 3.05) is 6.61 Å². The van der Waals surface area contributed by atoms with Crippen LogP contribution in [-0.4, -0.2) is 23.4 Å². The van der Waals surface area contributed by atoms with Gasteiger partial charge in [0.25, 0.3) is 11.8 Å². The van der Waals surface area contributed by atoms with Crippen molar-refractivity contribution in [2.45, 2.75) is 13.8 Å². The van der Waals surface area contributed by atoms with E-state index in [4.69, 9.17) is 4.74 Å². The molecule has 2 N–H and O–H groups in total. The van der Waals surface area contributed by atoms with E-state index >= 15 is 0 Å². The van der Waals surface area contributed by atoms with Gasteiger partial charge in [-0.05, 0) is 37.6 Å². The molecule has 22 heavy (non-hydrogen) atoms. The van der Waals surface area contributed by atoms with Gasteiger partial charge in [0.05, 0.1) is 0 Å². The Balaban J connectivity index is 1.80. The number of hydrogen-bond donors (Lipinski definition) is 2. The van der Waals surface area contributed by atoms with Gasteiger partial charge in [-0.1, -0.05) is 23.8 Å². The maximum Gasteiger partial charge on any atom is 0.288 e. The summed E-state index contributed by atoms with van der Waals surface area (Å²) in [6, 6.07) is 10.6. The summed E-state index contributed by atoms with van der Waals surface area (Å²) >= 11 is 0. The fourth-order valence-corrected chi connectivity index (χ4v) is 1.83. The first kappa shape index (κ1) is 15.5. The molecule has 0 aliphatic carbocycles. The van der Waals surface area contributed by atoms with E-state index in [0.29, 0.717) is 5.75 Å². The van der Waals surface area contributed by atoms with Crippen molar-refractivity contribution >= 4 is 11.8 Å². The monoisotopic (exact) mass is 299 g/mol. The Labute approximate surface area is 128 Å². The predicted molar refractivity (Wildman–Crippen MR) is 81.3 cm³/mol. The van der Waals surface area contributed by atoms with Crippen molar-refractivity contribution in [1.82, 2.24) is 15.8 Å². The van der Waals surface area contributed by atoms with Crippen LogP contribution in [0.3, 0.4) is 0 Å². The lowest BCUT2D eigenvalue weighted by Crippen LogP contribution is -2.44. The number of aromatic nitrogens is 1. The van der Waals surface area contributed by atoms with E-state index in [1.165, 1.54) is 6.20 Å². The molecule has 0 atom stereocenters. The van der Waals surface area contributed by atoms with Crippen LogP contribution < -0.4 is 15.6 Å². The Bertz CT molecular complexity index is 672. The highest BCUT2D eigenvalue weighted by Gasteiger charge is 2.09. The molecule has 1 aromatic carbocycles. The number of pyridine rings is 1. The summed E-state index contributed by atoms with van der Waals surface area (Å²) in [5.74, 6) is -0.304. The Morgan fingerprint density at radius 3 is 2.64 bits per heavy atom. The van der Waals surface area contributed by atoms with E-state index in [-0.39, 0.29) is 12.3 Å². The zero-order chi connectivity index (χ0) is 15.9. The van der Waals surface area contributed by atoms with Gasteiger partial charge in [-0.25, -0.2) is 0 Å². The molecule has 1 aromatic heterocycles. The molecule has 114 valence electrons. The number of carbonyl (C=O) groups is 2. The van der Waals surface area contributed by atoms with Gasteiger partial charge in [0.1, 0.15) is 11.4 Å². The molecule has 0 fully saturated rings. The quantitative estimate of drug-likeness (QED) is 0.839. The van der Waals surface area contributed by atoms with Crippen LogP contribution in [0.25, 0.3) is 0 Å². The third-order valence-electron chi connectivity index (χ3n) is 2.90. The second kappa shape index (κ2) is 7.21. The number of ether oxygens (including phenoxy) is 1. The first-order valence-corrected chi connectivity index (χ1v) is 6.76. The highest BCUT2D eigenvalue weighted by atomic mass is 16.5. The maximum absolute atomic E-state index is 11.7. The van der Waals surface area contributed by atoms with Crippen LogP contribution in [0.1, 0.15) is 21.6 Å².